The molecule has 2 nitrogen and oxygen atoms in total. The van der Waals surface area contributed by atoms with Crippen LogP contribution < -0.4 is 5.32 Å². The van der Waals surface area contributed by atoms with Crippen molar-refractivity contribution in [3.05, 3.63) is 71.3 Å². The number of nitrogens with one attached hydrogen (secondary N) is 1. The van der Waals surface area contributed by atoms with Gasteiger partial charge < -0.3 is 10.4 Å². The molecule has 2 rings (SSSR count). The number of aryl methyl sites for hydroxylation is 1. The predicted molar refractivity (Wildman–Crippen MR) is 78.9 cm³/mol. The highest BCUT2D eigenvalue weighted by Gasteiger charge is 2.15. The minimum atomic E-state index is -0.481. The van der Waals surface area contributed by atoms with Crippen LogP contribution in [0.25, 0.3) is 0 Å². The van der Waals surface area contributed by atoms with Crippen molar-refractivity contribution >= 4 is 0 Å². The first kappa shape index (κ1) is 13.8. The minimum absolute atomic E-state index is 0.0157. The molecule has 0 aliphatic heterocycles. The van der Waals surface area contributed by atoms with Gasteiger partial charge in [0, 0.05) is 12.6 Å². The molecule has 0 spiro atoms. The van der Waals surface area contributed by atoms with Gasteiger partial charge in [-0.25, -0.2) is 0 Å². The van der Waals surface area contributed by atoms with Crippen LogP contribution in [0.15, 0.2) is 54.6 Å². The summed E-state index contributed by atoms with van der Waals surface area (Å²) < 4.78 is 0. The van der Waals surface area contributed by atoms with Crippen molar-refractivity contribution in [2.24, 2.45) is 0 Å². The van der Waals surface area contributed by atoms with Crippen molar-refractivity contribution in [2.45, 2.75) is 32.5 Å². The van der Waals surface area contributed by atoms with Gasteiger partial charge in [0.15, 0.2) is 0 Å². The Balaban J connectivity index is 1.95. The zero-order valence-electron chi connectivity index (χ0n) is 11.5. The highest BCUT2D eigenvalue weighted by atomic mass is 16.3. The van der Waals surface area contributed by atoms with Gasteiger partial charge in [-0.15, -0.1) is 0 Å². The van der Waals surface area contributed by atoms with E-state index in [1.165, 1.54) is 11.1 Å². The Morgan fingerprint density at radius 3 is 2.32 bits per heavy atom. The van der Waals surface area contributed by atoms with Crippen molar-refractivity contribution in [1.82, 2.24) is 5.32 Å². The first-order valence-corrected chi connectivity index (χ1v) is 6.69. The van der Waals surface area contributed by atoms with Crippen LogP contribution in [0.2, 0.25) is 0 Å². The third kappa shape index (κ3) is 3.66. The Morgan fingerprint density at radius 2 is 1.63 bits per heavy atom. The van der Waals surface area contributed by atoms with Crippen LogP contribution >= 0.6 is 0 Å². The average molecular weight is 255 g/mol. The molecule has 0 aliphatic rings. The van der Waals surface area contributed by atoms with Gasteiger partial charge in [-0.2, -0.15) is 0 Å². The molecule has 2 atom stereocenters. The van der Waals surface area contributed by atoms with Gasteiger partial charge in [-0.3, -0.25) is 0 Å². The van der Waals surface area contributed by atoms with E-state index >= 15 is 0 Å². The number of aliphatic hydroxyl groups is 1. The number of hydrogen-bond donors (Lipinski definition) is 2. The van der Waals surface area contributed by atoms with Crippen molar-refractivity contribution in [3.8, 4) is 0 Å². The van der Waals surface area contributed by atoms with Crippen molar-refractivity contribution in [1.29, 1.82) is 0 Å². The fraction of sp³-hybridized carbons (Fsp3) is 0.294. The van der Waals surface area contributed by atoms with Crippen LogP contribution in [0.5, 0.6) is 0 Å². The van der Waals surface area contributed by atoms with Crippen LogP contribution in [0, 0.1) is 6.92 Å². The van der Waals surface area contributed by atoms with E-state index in [-0.39, 0.29) is 6.04 Å². The topological polar surface area (TPSA) is 32.3 Å². The molecule has 2 aromatic rings. The molecule has 0 saturated heterocycles. The number of rotatable bonds is 5. The van der Waals surface area contributed by atoms with Gasteiger partial charge in [0.05, 0.1) is 6.10 Å². The molecule has 0 heterocycles. The molecule has 19 heavy (non-hydrogen) atoms. The Hall–Kier alpha value is -1.64. The predicted octanol–water partition coefficient (Wildman–Crippen LogP) is 3.21. The smallest absolute Gasteiger partial charge is 0.0940 e. The molecule has 2 unspecified atom stereocenters. The molecule has 0 aliphatic carbocycles. The van der Waals surface area contributed by atoms with Gasteiger partial charge in [-0.05, 0) is 30.5 Å². The van der Waals surface area contributed by atoms with Gasteiger partial charge >= 0.3 is 0 Å². The summed E-state index contributed by atoms with van der Waals surface area (Å²) in [5.74, 6) is 0. The molecule has 100 valence electrons. The molecule has 0 amide bonds. The van der Waals surface area contributed by atoms with Gasteiger partial charge in [-0.1, -0.05) is 54.6 Å². The van der Waals surface area contributed by atoms with Crippen LogP contribution in [-0.4, -0.2) is 11.1 Å². The number of aliphatic hydroxyl groups excluding tert-OH is 1. The van der Waals surface area contributed by atoms with Crippen LogP contribution in [-0.2, 0) is 6.54 Å². The lowest BCUT2D eigenvalue weighted by Gasteiger charge is -2.21. The van der Waals surface area contributed by atoms with E-state index in [9.17, 15) is 5.11 Å². The fourth-order valence-electron chi connectivity index (χ4n) is 2.13. The lowest BCUT2D eigenvalue weighted by Crippen LogP contribution is -2.31. The van der Waals surface area contributed by atoms with E-state index in [2.05, 4.69) is 24.4 Å². The van der Waals surface area contributed by atoms with Gasteiger partial charge in [0.25, 0.3) is 0 Å². The zero-order chi connectivity index (χ0) is 13.7. The Bertz CT molecular complexity index is 510. The summed E-state index contributed by atoms with van der Waals surface area (Å²) in [5, 5.41) is 13.7. The third-order valence-electron chi connectivity index (χ3n) is 3.49. The molecule has 0 aromatic heterocycles. The summed E-state index contributed by atoms with van der Waals surface area (Å²) in [5.41, 5.74) is 3.50. The zero-order valence-corrected chi connectivity index (χ0v) is 11.5. The summed E-state index contributed by atoms with van der Waals surface area (Å²) in [4.78, 5) is 0. The van der Waals surface area contributed by atoms with Crippen molar-refractivity contribution in [3.63, 3.8) is 0 Å². The largest absolute Gasteiger partial charge is 0.387 e. The van der Waals surface area contributed by atoms with Gasteiger partial charge in [0.2, 0.25) is 0 Å². The summed E-state index contributed by atoms with van der Waals surface area (Å²) in [6.07, 6.45) is -0.481. The molecule has 0 saturated carbocycles. The lowest BCUT2D eigenvalue weighted by atomic mass is 10.0. The van der Waals surface area contributed by atoms with E-state index in [0.29, 0.717) is 0 Å². The quantitative estimate of drug-likeness (QED) is 0.860. The fourth-order valence-corrected chi connectivity index (χ4v) is 2.13. The molecule has 2 aromatic carbocycles. The summed E-state index contributed by atoms with van der Waals surface area (Å²) in [6.45, 7) is 4.89. The molecular weight excluding hydrogens is 234 g/mol. The molecule has 2 N–H and O–H groups in total. The van der Waals surface area contributed by atoms with Crippen molar-refractivity contribution < 1.29 is 5.11 Å². The molecular formula is C17H21NO. The first-order valence-electron chi connectivity index (χ1n) is 6.69. The standard InChI is InChI=1S/C17H21NO/c1-13-8-6-7-11-16(13)12-18-14(2)17(19)15-9-4-3-5-10-15/h3-11,14,17-19H,12H2,1-2H3. The van der Waals surface area contributed by atoms with E-state index in [0.717, 1.165) is 12.1 Å². The Kier molecular flexibility index (Phi) is 4.72. The SMILES string of the molecule is Cc1ccccc1CNC(C)C(O)c1ccccc1. The second kappa shape index (κ2) is 6.50. The Morgan fingerprint density at radius 1 is 1.00 bits per heavy atom. The summed E-state index contributed by atoms with van der Waals surface area (Å²) >= 11 is 0. The van der Waals surface area contributed by atoms with Crippen LogP contribution in [0.4, 0.5) is 0 Å². The summed E-state index contributed by atoms with van der Waals surface area (Å²) in [6, 6.07) is 18.1. The van der Waals surface area contributed by atoms with Crippen LogP contribution in [0.3, 0.4) is 0 Å². The highest BCUT2D eigenvalue weighted by molar-refractivity contribution is 5.25. The van der Waals surface area contributed by atoms with Gasteiger partial charge in [0.1, 0.15) is 0 Å². The van der Waals surface area contributed by atoms with E-state index in [1.54, 1.807) is 0 Å². The maximum absolute atomic E-state index is 10.3. The highest BCUT2D eigenvalue weighted by Crippen LogP contribution is 2.16. The number of benzene rings is 2. The number of hydrogen-bond acceptors (Lipinski definition) is 2. The molecule has 0 bridgehead atoms. The maximum atomic E-state index is 10.3. The van der Waals surface area contributed by atoms with E-state index in [1.807, 2.05) is 49.4 Å². The van der Waals surface area contributed by atoms with Crippen LogP contribution in [0.1, 0.15) is 29.7 Å². The molecule has 0 radical (unpaired) electrons. The second-order valence-corrected chi connectivity index (χ2v) is 4.95. The normalized spacial score (nSPS) is 14.1. The van der Waals surface area contributed by atoms with E-state index in [4.69, 9.17) is 0 Å². The second-order valence-electron chi connectivity index (χ2n) is 4.95. The average Bonchev–Trinajstić information content (AvgIpc) is 2.46. The summed E-state index contributed by atoms with van der Waals surface area (Å²) in [7, 11) is 0. The van der Waals surface area contributed by atoms with Crippen molar-refractivity contribution in [2.75, 3.05) is 0 Å². The minimum Gasteiger partial charge on any atom is -0.387 e. The third-order valence-corrected chi connectivity index (χ3v) is 3.49. The van der Waals surface area contributed by atoms with E-state index < -0.39 is 6.10 Å². The molecule has 2 heteroatoms. The monoisotopic (exact) mass is 255 g/mol. The first-order chi connectivity index (χ1) is 9.18. The Labute approximate surface area is 115 Å². The maximum Gasteiger partial charge on any atom is 0.0940 e. The lowest BCUT2D eigenvalue weighted by molar-refractivity contribution is 0.135. The molecule has 0 fully saturated rings.